The summed E-state index contributed by atoms with van der Waals surface area (Å²) in [7, 11) is 1.33. The van der Waals surface area contributed by atoms with Gasteiger partial charge in [0, 0.05) is 17.8 Å². The van der Waals surface area contributed by atoms with Gasteiger partial charge in [0.25, 0.3) is 0 Å². The van der Waals surface area contributed by atoms with Crippen LogP contribution in [0, 0.1) is 20.8 Å². The van der Waals surface area contributed by atoms with E-state index in [1.165, 1.54) is 18.9 Å². The molecule has 2 aromatic heterocycles. The summed E-state index contributed by atoms with van der Waals surface area (Å²) in [5, 5.41) is 9.42. The van der Waals surface area contributed by atoms with Crippen LogP contribution in [0.25, 0.3) is 11.4 Å². The van der Waals surface area contributed by atoms with Gasteiger partial charge < -0.3 is 14.3 Å². The van der Waals surface area contributed by atoms with E-state index in [2.05, 4.69) is 32.7 Å². The van der Waals surface area contributed by atoms with Crippen LogP contribution in [0.15, 0.2) is 29.4 Å². The van der Waals surface area contributed by atoms with Gasteiger partial charge in [-0.1, -0.05) is 42.4 Å². The fourth-order valence-corrected chi connectivity index (χ4v) is 4.29. The maximum Gasteiger partial charge on any atom is 0.339 e. The quantitative estimate of drug-likeness (QED) is 0.327. The average molecular weight is 427 g/mol. The summed E-state index contributed by atoms with van der Waals surface area (Å²) < 4.78 is 6.87. The molecule has 1 aromatic carbocycles. The highest BCUT2D eigenvalue weighted by atomic mass is 32.2. The molecule has 0 aliphatic heterocycles. The van der Waals surface area contributed by atoms with Crippen molar-refractivity contribution in [2.75, 3.05) is 12.9 Å². The summed E-state index contributed by atoms with van der Waals surface area (Å²) in [6.45, 7) is 8.42. The normalized spacial score (nSPS) is 11.0. The second-order valence-electron chi connectivity index (χ2n) is 7.16. The molecule has 0 radical (unpaired) electrons. The van der Waals surface area contributed by atoms with Crippen LogP contribution in [0.2, 0.25) is 0 Å². The zero-order chi connectivity index (χ0) is 21.8. The molecule has 3 aromatic rings. The Morgan fingerprint density at radius 2 is 1.97 bits per heavy atom. The van der Waals surface area contributed by atoms with Crippen LogP contribution in [-0.4, -0.2) is 44.4 Å². The van der Waals surface area contributed by atoms with E-state index >= 15 is 0 Å². The number of aromatic amines is 1. The van der Waals surface area contributed by atoms with Crippen LogP contribution in [0.5, 0.6) is 0 Å². The number of H-pyrrole nitrogens is 1. The van der Waals surface area contributed by atoms with Crippen molar-refractivity contribution in [1.29, 1.82) is 0 Å². The molecule has 30 heavy (non-hydrogen) atoms. The second kappa shape index (κ2) is 9.30. The maximum absolute atomic E-state index is 12.8. The Bertz CT molecular complexity index is 1080. The Morgan fingerprint density at radius 1 is 1.20 bits per heavy atom. The number of ketones is 1. The Hall–Kier alpha value is -2.87. The van der Waals surface area contributed by atoms with E-state index in [0.29, 0.717) is 27.7 Å². The fourth-order valence-electron chi connectivity index (χ4n) is 3.46. The number of aryl methyl sites for hydroxylation is 2. The molecule has 0 unspecified atom stereocenters. The lowest BCUT2D eigenvalue weighted by Gasteiger charge is -2.09. The molecule has 0 fully saturated rings. The van der Waals surface area contributed by atoms with Crippen molar-refractivity contribution in [3.05, 3.63) is 52.3 Å². The number of esters is 1. The van der Waals surface area contributed by atoms with Gasteiger partial charge in [0.15, 0.2) is 16.8 Å². The molecule has 2 heterocycles. The number of hydrogen-bond acceptors (Lipinski definition) is 6. The third kappa shape index (κ3) is 4.33. The molecule has 8 heteroatoms. The van der Waals surface area contributed by atoms with Gasteiger partial charge in [-0.2, -0.15) is 0 Å². The van der Waals surface area contributed by atoms with Crippen LogP contribution in [-0.2, 0) is 11.3 Å². The lowest BCUT2D eigenvalue weighted by Crippen LogP contribution is -2.08. The van der Waals surface area contributed by atoms with E-state index < -0.39 is 5.97 Å². The summed E-state index contributed by atoms with van der Waals surface area (Å²) in [6.07, 6.45) is 0.926. The van der Waals surface area contributed by atoms with Crippen LogP contribution in [0.1, 0.15) is 51.0 Å². The smallest absolute Gasteiger partial charge is 0.339 e. The molecule has 0 aliphatic carbocycles. The lowest BCUT2D eigenvalue weighted by atomic mass is 10.1. The van der Waals surface area contributed by atoms with E-state index in [-0.39, 0.29) is 11.5 Å². The van der Waals surface area contributed by atoms with Crippen LogP contribution in [0.4, 0.5) is 0 Å². The summed E-state index contributed by atoms with van der Waals surface area (Å²) in [5.41, 5.74) is 4.25. The minimum Gasteiger partial charge on any atom is -0.465 e. The summed E-state index contributed by atoms with van der Waals surface area (Å²) >= 11 is 1.35. The van der Waals surface area contributed by atoms with Gasteiger partial charge in [0.1, 0.15) is 0 Å². The fraction of sp³-hybridized carbons (Fsp3) is 0.364. The van der Waals surface area contributed by atoms with Crippen LogP contribution in [0.3, 0.4) is 0 Å². The Balaban J connectivity index is 1.82. The van der Waals surface area contributed by atoms with Gasteiger partial charge in [-0.05, 0) is 38.8 Å². The van der Waals surface area contributed by atoms with Crippen molar-refractivity contribution < 1.29 is 14.3 Å². The number of thioether (sulfide) groups is 1. The predicted octanol–water partition coefficient (Wildman–Crippen LogP) is 4.37. The number of benzene rings is 1. The van der Waals surface area contributed by atoms with Gasteiger partial charge in [-0.15, -0.1) is 10.2 Å². The van der Waals surface area contributed by atoms with Crippen molar-refractivity contribution in [2.45, 2.75) is 45.8 Å². The highest BCUT2D eigenvalue weighted by molar-refractivity contribution is 7.99. The van der Waals surface area contributed by atoms with Gasteiger partial charge in [-0.3, -0.25) is 4.79 Å². The highest BCUT2D eigenvalue weighted by Gasteiger charge is 2.23. The molecule has 0 spiro atoms. The highest BCUT2D eigenvalue weighted by Crippen LogP contribution is 2.27. The largest absolute Gasteiger partial charge is 0.465 e. The minimum atomic E-state index is -0.446. The number of hydrogen-bond donors (Lipinski definition) is 1. The standard InChI is InChI=1S/C22H26N4O3S/c1-6-10-26-20(16-9-7-8-13(2)11-16)24-25-22(26)30-12-17(27)19-14(3)18(15(4)23-19)21(28)29-5/h7-9,11,23H,6,10,12H2,1-5H3. The molecule has 0 bridgehead atoms. The molecular weight excluding hydrogens is 400 g/mol. The molecule has 0 saturated carbocycles. The molecule has 0 saturated heterocycles. The van der Waals surface area contributed by atoms with E-state index in [1.807, 2.05) is 25.1 Å². The molecule has 1 N–H and O–H groups in total. The first-order chi connectivity index (χ1) is 14.4. The molecule has 0 amide bonds. The second-order valence-corrected chi connectivity index (χ2v) is 8.10. The number of methoxy groups -OCH3 is 1. The van der Waals surface area contributed by atoms with Gasteiger partial charge >= 0.3 is 5.97 Å². The third-order valence-corrected chi connectivity index (χ3v) is 5.85. The van der Waals surface area contributed by atoms with E-state index in [9.17, 15) is 9.59 Å². The number of Topliss-reactive ketones (excluding diaryl/α,β-unsaturated/α-hetero) is 1. The maximum atomic E-state index is 12.8. The third-order valence-electron chi connectivity index (χ3n) is 4.88. The molecule has 3 rings (SSSR count). The number of ether oxygens (including phenoxy) is 1. The Labute approximate surface area is 180 Å². The summed E-state index contributed by atoms with van der Waals surface area (Å²) in [4.78, 5) is 27.8. The van der Waals surface area contributed by atoms with E-state index in [4.69, 9.17) is 4.74 Å². The van der Waals surface area contributed by atoms with Gasteiger partial charge in [0.2, 0.25) is 0 Å². The molecule has 158 valence electrons. The van der Waals surface area contributed by atoms with Gasteiger partial charge in [-0.25, -0.2) is 4.79 Å². The van der Waals surface area contributed by atoms with E-state index in [0.717, 1.165) is 29.9 Å². The van der Waals surface area contributed by atoms with Crippen LogP contribution >= 0.6 is 11.8 Å². The Morgan fingerprint density at radius 3 is 2.63 bits per heavy atom. The lowest BCUT2D eigenvalue weighted by molar-refractivity contribution is 0.0599. The number of carbonyl (C=O) groups excluding carboxylic acids is 2. The molecule has 7 nitrogen and oxygen atoms in total. The summed E-state index contributed by atoms with van der Waals surface area (Å²) in [5.74, 6) is 0.449. The van der Waals surface area contributed by atoms with Crippen LogP contribution < -0.4 is 0 Å². The molecule has 0 aliphatic rings. The van der Waals surface area contributed by atoms with Crippen molar-refractivity contribution >= 4 is 23.5 Å². The SMILES string of the molecule is CCCn1c(SCC(=O)c2[nH]c(C)c(C(=O)OC)c2C)nnc1-c1cccc(C)c1. The topological polar surface area (TPSA) is 89.9 Å². The Kier molecular flexibility index (Phi) is 6.77. The van der Waals surface area contributed by atoms with Gasteiger partial charge in [0.05, 0.1) is 24.1 Å². The monoisotopic (exact) mass is 426 g/mol. The number of nitrogens with zero attached hydrogens (tertiary/aromatic N) is 3. The van der Waals surface area contributed by atoms with Crippen molar-refractivity contribution in [3.8, 4) is 11.4 Å². The van der Waals surface area contributed by atoms with E-state index in [1.54, 1.807) is 13.8 Å². The zero-order valence-corrected chi connectivity index (χ0v) is 18.7. The number of aromatic nitrogens is 4. The van der Waals surface area contributed by atoms with Crippen molar-refractivity contribution in [3.63, 3.8) is 0 Å². The molecular formula is C22H26N4O3S. The first-order valence-electron chi connectivity index (χ1n) is 9.81. The molecule has 0 atom stereocenters. The minimum absolute atomic E-state index is 0.0982. The number of rotatable bonds is 8. The number of nitrogens with one attached hydrogen (secondary N) is 1. The summed E-state index contributed by atoms with van der Waals surface area (Å²) in [6, 6.07) is 8.14. The van der Waals surface area contributed by atoms with Crippen molar-refractivity contribution in [2.24, 2.45) is 0 Å². The predicted molar refractivity (Wildman–Crippen MR) is 117 cm³/mol. The average Bonchev–Trinajstić information content (AvgIpc) is 3.26. The number of carbonyl (C=O) groups is 2. The van der Waals surface area contributed by atoms with Crippen molar-refractivity contribution in [1.82, 2.24) is 19.7 Å². The first kappa shape index (κ1) is 21.8. The zero-order valence-electron chi connectivity index (χ0n) is 17.9. The first-order valence-corrected chi connectivity index (χ1v) is 10.8.